The minimum absolute atomic E-state index is 0.302. The Morgan fingerprint density at radius 2 is 1.79 bits per heavy atom. The van der Waals surface area contributed by atoms with Gasteiger partial charge in [0.15, 0.2) is 5.65 Å². The third-order valence-electron chi connectivity index (χ3n) is 5.06. The van der Waals surface area contributed by atoms with Crippen LogP contribution < -0.4 is 20.1 Å². The van der Waals surface area contributed by atoms with Crippen molar-refractivity contribution in [2.75, 3.05) is 26.1 Å². The van der Waals surface area contributed by atoms with Crippen LogP contribution in [0.4, 0.5) is 14.9 Å². The van der Waals surface area contributed by atoms with E-state index in [-0.39, 0.29) is 11.8 Å². The molecule has 2 heterocycles. The van der Waals surface area contributed by atoms with E-state index < -0.39 is 0 Å². The lowest BCUT2D eigenvalue weighted by Crippen LogP contribution is -2.30. The van der Waals surface area contributed by atoms with Gasteiger partial charge >= 0.3 is 6.03 Å². The molecule has 0 aliphatic carbocycles. The summed E-state index contributed by atoms with van der Waals surface area (Å²) in [5.74, 6) is 1.56. The maximum Gasteiger partial charge on any atom is 0.319 e. The number of aromatic nitrogens is 3. The monoisotopic (exact) mass is 449 g/mol. The maximum atomic E-state index is 13.4. The van der Waals surface area contributed by atoms with Crippen LogP contribution in [-0.2, 0) is 6.54 Å². The lowest BCUT2D eigenvalue weighted by molar-refractivity contribution is 0.252. The van der Waals surface area contributed by atoms with Crippen molar-refractivity contribution in [2.24, 2.45) is 0 Å². The van der Waals surface area contributed by atoms with E-state index in [1.54, 1.807) is 50.7 Å². The molecule has 0 bridgehead atoms. The first-order valence-corrected chi connectivity index (χ1v) is 10.4. The zero-order valence-electron chi connectivity index (χ0n) is 18.3. The van der Waals surface area contributed by atoms with E-state index in [0.29, 0.717) is 42.5 Å². The van der Waals surface area contributed by atoms with Gasteiger partial charge in [-0.1, -0.05) is 0 Å². The minimum Gasteiger partial charge on any atom is -0.497 e. The highest BCUT2D eigenvalue weighted by atomic mass is 19.1. The Hall–Kier alpha value is -4.14. The summed E-state index contributed by atoms with van der Waals surface area (Å²) in [7, 11) is 3.10. The Bertz CT molecular complexity index is 1230. The van der Waals surface area contributed by atoms with Gasteiger partial charge in [0.05, 0.1) is 14.2 Å². The van der Waals surface area contributed by atoms with Crippen molar-refractivity contribution in [2.45, 2.75) is 13.0 Å². The largest absolute Gasteiger partial charge is 0.497 e. The van der Waals surface area contributed by atoms with Gasteiger partial charge in [0.1, 0.15) is 28.7 Å². The minimum atomic E-state index is -0.335. The summed E-state index contributed by atoms with van der Waals surface area (Å²) in [6.07, 6.45) is 2.36. The lowest BCUT2D eigenvalue weighted by atomic mass is 10.2. The average Bonchev–Trinajstić information content (AvgIpc) is 3.20. The molecule has 2 aromatic carbocycles. The molecule has 2 amide bonds. The molecule has 33 heavy (non-hydrogen) atoms. The Morgan fingerprint density at radius 3 is 2.48 bits per heavy atom. The third-order valence-corrected chi connectivity index (χ3v) is 5.06. The quantitative estimate of drug-likeness (QED) is 0.388. The van der Waals surface area contributed by atoms with Crippen LogP contribution in [-0.4, -0.2) is 41.3 Å². The molecule has 2 N–H and O–H groups in total. The van der Waals surface area contributed by atoms with E-state index >= 15 is 0 Å². The second kappa shape index (κ2) is 9.99. The van der Waals surface area contributed by atoms with Crippen LogP contribution in [0.1, 0.15) is 6.42 Å². The van der Waals surface area contributed by atoms with Crippen molar-refractivity contribution in [1.82, 2.24) is 19.9 Å². The highest BCUT2D eigenvalue weighted by Gasteiger charge is 2.13. The summed E-state index contributed by atoms with van der Waals surface area (Å²) in [4.78, 5) is 21.5. The predicted octanol–water partition coefficient (Wildman–Crippen LogP) is 4.47. The molecule has 8 nitrogen and oxygen atoms in total. The van der Waals surface area contributed by atoms with Crippen molar-refractivity contribution in [1.29, 1.82) is 0 Å². The van der Waals surface area contributed by atoms with Crippen LogP contribution in [0.25, 0.3) is 22.6 Å². The highest BCUT2D eigenvalue weighted by Crippen LogP contribution is 2.26. The number of hydrogen-bond acceptors (Lipinski definition) is 5. The fraction of sp³-hybridized carbons (Fsp3) is 0.208. The topological polar surface area (TPSA) is 90.3 Å². The number of hydrogen-bond donors (Lipinski definition) is 2. The number of methoxy groups -OCH3 is 2. The fourth-order valence-electron chi connectivity index (χ4n) is 3.48. The summed E-state index contributed by atoms with van der Waals surface area (Å²) in [5.41, 5.74) is 2.86. The van der Waals surface area contributed by atoms with Crippen LogP contribution in [0, 0.1) is 5.82 Å². The number of halogens is 1. The summed E-state index contributed by atoms with van der Waals surface area (Å²) in [6.45, 7) is 1.01. The second-order valence-electron chi connectivity index (χ2n) is 7.28. The molecule has 4 rings (SSSR count). The number of ether oxygens (including phenoxy) is 2. The lowest BCUT2D eigenvalue weighted by Gasteiger charge is -2.12. The van der Waals surface area contributed by atoms with E-state index in [1.807, 2.05) is 16.7 Å². The van der Waals surface area contributed by atoms with Crippen molar-refractivity contribution in [3.63, 3.8) is 0 Å². The van der Waals surface area contributed by atoms with Gasteiger partial charge in [-0.15, -0.1) is 0 Å². The van der Waals surface area contributed by atoms with Gasteiger partial charge in [0.25, 0.3) is 0 Å². The number of nitrogens with one attached hydrogen (secondary N) is 2. The highest BCUT2D eigenvalue weighted by molar-refractivity contribution is 5.89. The Labute approximate surface area is 190 Å². The van der Waals surface area contributed by atoms with E-state index in [4.69, 9.17) is 9.47 Å². The molecule has 0 radical (unpaired) electrons. The summed E-state index contributed by atoms with van der Waals surface area (Å²) >= 11 is 0. The number of imidazole rings is 1. The van der Waals surface area contributed by atoms with Crippen LogP contribution >= 0.6 is 0 Å². The van der Waals surface area contributed by atoms with Crippen LogP contribution in [0.5, 0.6) is 11.5 Å². The summed E-state index contributed by atoms with van der Waals surface area (Å²) < 4.78 is 25.8. The number of amides is 2. The third kappa shape index (κ3) is 5.20. The fourth-order valence-corrected chi connectivity index (χ4v) is 3.48. The number of rotatable bonds is 8. The number of anilines is 1. The zero-order chi connectivity index (χ0) is 23.2. The van der Waals surface area contributed by atoms with Gasteiger partial charge in [-0.05, 0) is 42.8 Å². The second-order valence-corrected chi connectivity index (χ2v) is 7.28. The molecular formula is C24H24FN5O3. The van der Waals surface area contributed by atoms with E-state index in [0.717, 1.165) is 16.7 Å². The average molecular weight is 449 g/mol. The number of fused-ring (bicyclic) bond motifs is 1. The summed E-state index contributed by atoms with van der Waals surface area (Å²) in [6, 6.07) is 14.7. The molecule has 170 valence electrons. The van der Waals surface area contributed by atoms with Gasteiger partial charge in [0.2, 0.25) is 0 Å². The van der Waals surface area contributed by atoms with E-state index in [1.165, 1.54) is 12.1 Å². The van der Waals surface area contributed by atoms with Gasteiger partial charge in [-0.2, -0.15) is 0 Å². The van der Waals surface area contributed by atoms with Crippen molar-refractivity contribution in [3.8, 4) is 22.9 Å². The van der Waals surface area contributed by atoms with Gasteiger partial charge < -0.3 is 24.7 Å². The zero-order valence-corrected chi connectivity index (χ0v) is 18.3. The number of carbonyl (C=O) groups is 1. The molecule has 4 aromatic rings. The first-order valence-electron chi connectivity index (χ1n) is 10.4. The van der Waals surface area contributed by atoms with Crippen LogP contribution in [0.2, 0.25) is 0 Å². The Morgan fingerprint density at radius 1 is 1.06 bits per heavy atom. The number of nitrogens with zero attached hydrogens (tertiary/aromatic N) is 3. The molecule has 0 unspecified atom stereocenters. The number of aryl methyl sites for hydroxylation is 1. The molecule has 0 aliphatic heterocycles. The molecule has 0 aliphatic rings. The van der Waals surface area contributed by atoms with Gasteiger partial charge in [-0.25, -0.2) is 19.2 Å². The molecule has 9 heteroatoms. The smallest absolute Gasteiger partial charge is 0.319 e. The van der Waals surface area contributed by atoms with Crippen molar-refractivity contribution in [3.05, 3.63) is 66.6 Å². The molecule has 0 saturated heterocycles. The van der Waals surface area contributed by atoms with E-state index in [9.17, 15) is 9.18 Å². The standard InChI is InChI=1S/C24H24FN5O3/c1-32-19-13-18(14-20(15-19)33-2)28-24(31)27-11-4-12-30-22(16-6-8-17(25)9-7-16)29-21-5-3-10-26-23(21)30/h3,5-10,13-15H,4,11-12H2,1-2H3,(H2,27,28,31). The number of benzene rings is 2. The summed E-state index contributed by atoms with van der Waals surface area (Å²) in [5, 5.41) is 5.63. The van der Waals surface area contributed by atoms with Crippen molar-refractivity contribution < 1.29 is 18.7 Å². The predicted molar refractivity (Wildman–Crippen MR) is 124 cm³/mol. The SMILES string of the molecule is COc1cc(NC(=O)NCCCn2c(-c3ccc(F)cc3)nc3cccnc32)cc(OC)c1. The van der Waals surface area contributed by atoms with E-state index in [2.05, 4.69) is 20.6 Å². The number of carbonyl (C=O) groups excluding carboxylic acids is 1. The first-order chi connectivity index (χ1) is 16.1. The first kappa shape index (κ1) is 22.1. The molecule has 0 spiro atoms. The number of pyridine rings is 1. The van der Waals surface area contributed by atoms with Crippen LogP contribution in [0.3, 0.4) is 0 Å². The molecule has 0 atom stereocenters. The normalized spacial score (nSPS) is 10.8. The molecule has 0 fully saturated rings. The molecule has 0 saturated carbocycles. The Balaban J connectivity index is 1.41. The van der Waals surface area contributed by atoms with Crippen molar-refractivity contribution >= 4 is 22.9 Å². The van der Waals surface area contributed by atoms with Crippen LogP contribution in [0.15, 0.2) is 60.8 Å². The maximum absolute atomic E-state index is 13.4. The number of urea groups is 1. The Kier molecular flexibility index (Phi) is 6.68. The van der Waals surface area contributed by atoms with Gasteiger partial charge in [0, 0.05) is 48.7 Å². The molecular weight excluding hydrogens is 425 g/mol. The molecule has 2 aromatic heterocycles. The van der Waals surface area contributed by atoms with Gasteiger partial charge in [-0.3, -0.25) is 0 Å².